The molecule has 5 heteroatoms. The number of benzene rings is 1. The first-order chi connectivity index (χ1) is 11.1. The van der Waals surface area contributed by atoms with E-state index in [-0.39, 0.29) is 10.6 Å². The Morgan fingerprint density at radius 3 is 2.83 bits per heavy atom. The van der Waals surface area contributed by atoms with Crippen LogP contribution in [0.1, 0.15) is 32.6 Å². The Morgan fingerprint density at radius 2 is 2.13 bits per heavy atom. The van der Waals surface area contributed by atoms with Gasteiger partial charge in [0, 0.05) is 35.6 Å². The molecule has 2 bridgehead atoms. The number of fused-ring (bicyclic) bond motifs is 3. The Balaban J connectivity index is 1.64. The van der Waals surface area contributed by atoms with Gasteiger partial charge in [-0.1, -0.05) is 6.42 Å². The Hall–Kier alpha value is -2.17. The van der Waals surface area contributed by atoms with Gasteiger partial charge in [-0.15, -0.1) is 0 Å². The van der Waals surface area contributed by atoms with Crippen LogP contribution >= 0.6 is 0 Å². The fourth-order valence-electron chi connectivity index (χ4n) is 4.72. The third kappa shape index (κ3) is 2.44. The van der Waals surface area contributed by atoms with Crippen molar-refractivity contribution in [3.8, 4) is 0 Å². The normalized spacial score (nSPS) is 27.3. The summed E-state index contributed by atoms with van der Waals surface area (Å²) in [6, 6.07) is 5.67. The summed E-state index contributed by atoms with van der Waals surface area (Å²) < 4.78 is 0. The highest BCUT2D eigenvalue weighted by Crippen LogP contribution is 2.50. The standard InChI is InChI=1S/C18H21N3O2/c1-11(15-9-12-2-3-13(15)8-12)20-17-4-5-18(21(22)23)16-10-19-7-6-14(16)17/h4-7,10-13,15,20H,2-3,8-9H2,1H3. The second kappa shape index (κ2) is 5.48. The lowest BCUT2D eigenvalue weighted by Gasteiger charge is -2.29. The lowest BCUT2D eigenvalue weighted by Crippen LogP contribution is -2.30. The molecule has 2 aliphatic carbocycles. The summed E-state index contributed by atoms with van der Waals surface area (Å²) in [6.07, 6.45) is 8.76. The minimum Gasteiger partial charge on any atom is -0.382 e. The van der Waals surface area contributed by atoms with E-state index in [2.05, 4.69) is 17.2 Å². The predicted octanol–water partition coefficient (Wildman–Crippen LogP) is 4.38. The van der Waals surface area contributed by atoms with Gasteiger partial charge >= 0.3 is 0 Å². The number of anilines is 1. The molecule has 0 saturated heterocycles. The van der Waals surface area contributed by atoms with E-state index in [1.807, 2.05) is 12.1 Å². The van der Waals surface area contributed by atoms with Crippen LogP contribution in [0, 0.1) is 27.9 Å². The van der Waals surface area contributed by atoms with Crippen LogP contribution < -0.4 is 5.32 Å². The zero-order chi connectivity index (χ0) is 16.0. The molecule has 1 aromatic carbocycles. The molecule has 2 aromatic rings. The quantitative estimate of drug-likeness (QED) is 0.672. The molecule has 0 amide bonds. The summed E-state index contributed by atoms with van der Waals surface area (Å²) >= 11 is 0. The van der Waals surface area contributed by atoms with Crippen LogP contribution in [0.25, 0.3) is 10.8 Å². The number of nitro benzene ring substituents is 1. The monoisotopic (exact) mass is 311 g/mol. The highest BCUT2D eigenvalue weighted by molar-refractivity contribution is 5.99. The van der Waals surface area contributed by atoms with Crippen molar-refractivity contribution in [3.63, 3.8) is 0 Å². The molecule has 4 atom stereocenters. The van der Waals surface area contributed by atoms with Crippen molar-refractivity contribution >= 4 is 22.1 Å². The summed E-state index contributed by atoms with van der Waals surface area (Å²) in [7, 11) is 0. The van der Waals surface area contributed by atoms with Gasteiger partial charge in [-0.05, 0) is 56.1 Å². The molecule has 120 valence electrons. The summed E-state index contributed by atoms with van der Waals surface area (Å²) in [6.45, 7) is 2.25. The maximum atomic E-state index is 11.2. The Morgan fingerprint density at radius 1 is 1.26 bits per heavy atom. The van der Waals surface area contributed by atoms with Gasteiger partial charge in [0.25, 0.3) is 5.69 Å². The Kier molecular flexibility index (Phi) is 3.43. The van der Waals surface area contributed by atoms with Crippen LogP contribution in [0.3, 0.4) is 0 Å². The summed E-state index contributed by atoms with van der Waals surface area (Å²) in [4.78, 5) is 14.9. The average molecular weight is 311 g/mol. The van der Waals surface area contributed by atoms with Gasteiger partial charge in [-0.2, -0.15) is 0 Å². The molecule has 4 unspecified atom stereocenters. The maximum Gasteiger partial charge on any atom is 0.278 e. The van der Waals surface area contributed by atoms with Gasteiger partial charge in [0.05, 0.1) is 10.3 Å². The number of nitro groups is 1. The topological polar surface area (TPSA) is 68.1 Å². The van der Waals surface area contributed by atoms with Crippen LogP contribution in [-0.2, 0) is 0 Å². The van der Waals surface area contributed by atoms with Gasteiger partial charge in [0.15, 0.2) is 0 Å². The molecule has 4 rings (SSSR count). The molecule has 2 fully saturated rings. The number of nitrogens with zero attached hydrogens (tertiary/aromatic N) is 2. The average Bonchev–Trinajstić information content (AvgIpc) is 3.18. The molecule has 0 spiro atoms. The molecule has 0 aliphatic heterocycles. The molecule has 5 nitrogen and oxygen atoms in total. The van der Waals surface area contributed by atoms with Gasteiger partial charge in [-0.3, -0.25) is 15.1 Å². The van der Waals surface area contributed by atoms with Gasteiger partial charge in [0.2, 0.25) is 0 Å². The lowest BCUT2D eigenvalue weighted by atomic mass is 9.84. The molecule has 1 heterocycles. The van der Waals surface area contributed by atoms with E-state index in [4.69, 9.17) is 0 Å². The zero-order valence-corrected chi connectivity index (χ0v) is 13.2. The SMILES string of the molecule is CC(Nc1ccc([N+](=O)[O-])c2cnccc12)C1CC2CCC1C2. The molecule has 2 aliphatic rings. The smallest absolute Gasteiger partial charge is 0.278 e. The van der Waals surface area contributed by atoms with Gasteiger partial charge in [0.1, 0.15) is 0 Å². The molecular formula is C18H21N3O2. The Bertz CT molecular complexity index is 761. The zero-order valence-electron chi connectivity index (χ0n) is 13.2. The summed E-state index contributed by atoms with van der Waals surface area (Å²) in [5.74, 6) is 2.50. The number of rotatable bonds is 4. The van der Waals surface area contributed by atoms with Crippen molar-refractivity contribution < 1.29 is 4.92 Å². The third-order valence-electron chi connectivity index (χ3n) is 5.81. The first-order valence-electron chi connectivity index (χ1n) is 8.41. The number of nitrogens with one attached hydrogen (secondary N) is 1. The third-order valence-corrected chi connectivity index (χ3v) is 5.81. The number of non-ortho nitro benzene ring substituents is 1. The van der Waals surface area contributed by atoms with Crippen molar-refractivity contribution in [2.75, 3.05) is 5.32 Å². The van der Waals surface area contributed by atoms with Crippen LogP contribution in [0.4, 0.5) is 11.4 Å². The van der Waals surface area contributed by atoms with Crippen molar-refractivity contribution in [1.29, 1.82) is 0 Å². The number of pyridine rings is 1. The fraction of sp³-hybridized carbons (Fsp3) is 0.500. The van der Waals surface area contributed by atoms with E-state index in [0.29, 0.717) is 11.4 Å². The predicted molar refractivity (Wildman–Crippen MR) is 90.4 cm³/mol. The lowest BCUT2D eigenvalue weighted by molar-refractivity contribution is -0.383. The highest BCUT2D eigenvalue weighted by Gasteiger charge is 2.41. The van der Waals surface area contributed by atoms with Gasteiger partial charge in [-0.25, -0.2) is 0 Å². The van der Waals surface area contributed by atoms with E-state index in [1.54, 1.807) is 18.5 Å². The molecule has 2 saturated carbocycles. The molecule has 1 N–H and O–H groups in total. The van der Waals surface area contributed by atoms with E-state index in [1.165, 1.54) is 25.7 Å². The van der Waals surface area contributed by atoms with Crippen LogP contribution in [-0.4, -0.2) is 15.9 Å². The highest BCUT2D eigenvalue weighted by atomic mass is 16.6. The molecule has 0 radical (unpaired) electrons. The Labute approximate surface area is 135 Å². The fourth-order valence-corrected chi connectivity index (χ4v) is 4.72. The minimum absolute atomic E-state index is 0.117. The number of hydrogen-bond acceptors (Lipinski definition) is 4. The second-order valence-corrected chi connectivity index (χ2v) is 7.08. The molecule has 23 heavy (non-hydrogen) atoms. The van der Waals surface area contributed by atoms with Gasteiger partial charge < -0.3 is 5.32 Å². The largest absolute Gasteiger partial charge is 0.382 e. The van der Waals surface area contributed by atoms with Crippen molar-refractivity contribution in [1.82, 2.24) is 4.98 Å². The number of hydrogen-bond donors (Lipinski definition) is 1. The molecule has 1 aromatic heterocycles. The van der Waals surface area contributed by atoms with E-state index < -0.39 is 0 Å². The van der Waals surface area contributed by atoms with Crippen LogP contribution in [0.15, 0.2) is 30.6 Å². The van der Waals surface area contributed by atoms with Crippen molar-refractivity contribution in [2.24, 2.45) is 17.8 Å². The van der Waals surface area contributed by atoms with E-state index in [9.17, 15) is 10.1 Å². The molecular weight excluding hydrogens is 290 g/mol. The minimum atomic E-state index is -0.340. The summed E-state index contributed by atoms with van der Waals surface area (Å²) in [5.41, 5.74) is 1.09. The van der Waals surface area contributed by atoms with Crippen molar-refractivity contribution in [3.05, 3.63) is 40.7 Å². The maximum absolute atomic E-state index is 11.2. The van der Waals surface area contributed by atoms with Crippen molar-refractivity contribution in [2.45, 2.75) is 38.6 Å². The van der Waals surface area contributed by atoms with Crippen LogP contribution in [0.5, 0.6) is 0 Å². The first-order valence-corrected chi connectivity index (χ1v) is 8.41. The van der Waals surface area contributed by atoms with Crippen LogP contribution in [0.2, 0.25) is 0 Å². The van der Waals surface area contributed by atoms with E-state index in [0.717, 1.165) is 28.8 Å². The first kappa shape index (κ1) is 14.4. The van der Waals surface area contributed by atoms with E-state index >= 15 is 0 Å². The summed E-state index contributed by atoms with van der Waals surface area (Å²) in [5, 5.41) is 16.3. The second-order valence-electron chi connectivity index (χ2n) is 7.08. The number of aromatic nitrogens is 1.